The molecule has 0 spiro atoms. The molecule has 22 heavy (non-hydrogen) atoms. The van der Waals surface area contributed by atoms with Crippen molar-refractivity contribution in [3.8, 4) is 5.75 Å². The number of esters is 1. The van der Waals surface area contributed by atoms with Crippen LogP contribution < -0.4 is 4.74 Å². The molecule has 1 saturated heterocycles. The monoisotopic (exact) mass is 327 g/mol. The van der Waals surface area contributed by atoms with Gasteiger partial charge in [-0.3, -0.25) is 9.69 Å². The van der Waals surface area contributed by atoms with E-state index < -0.39 is 0 Å². The molecular weight excluding hydrogens is 302 g/mol. The summed E-state index contributed by atoms with van der Waals surface area (Å²) in [5.41, 5.74) is 1.24. The Kier molecular flexibility index (Phi) is 8.28. The Morgan fingerprint density at radius 3 is 2.45 bits per heavy atom. The highest BCUT2D eigenvalue weighted by Gasteiger charge is 2.25. The molecule has 4 nitrogen and oxygen atoms in total. The molecule has 5 heteroatoms. The average Bonchev–Trinajstić information content (AvgIpc) is 2.50. The summed E-state index contributed by atoms with van der Waals surface area (Å²) in [4.78, 5) is 14.0. The average molecular weight is 328 g/mol. The molecule has 1 aliphatic heterocycles. The molecule has 1 aromatic rings. The van der Waals surface area contributed by atoms with Crippen molar-refractivity contribution < 1.29 is 14.3 Å². The van der Waals surface area contributed by atoms with Gasteiger partial charge < -0.3 is 9.47 Å². The lowest BCUT2D eigenvalue weighted by Gasteiger charge is -2.30. The number of ether oxygens (including phenoxy) is 2. The van der Waals surface area contributed by atoms with E-state index in [0.29, 0.717) is 13.2 Å². The zero-order valence-corrected chi connectivity index (χ0v) is 14.2. The molecular formula is C17H26ClNO3. The quantitative estimate of drug-likeness (QED) is 0.753. The maximum absolute atomic E-state index is 11.7. The minimum atomic E-state index is -0.0342. The third-order valence-corrected chi connectivity index (χ3v) is 3.90. The van der Waals surface area contributed by atoms with Gasteiger partial charge in [0.1, 0.15) is 12.4 Å². The molecule has 0 bridgehead atoms. The molecule has 0 saturated carbocycles. The summed E-state index contributed by atoms with van der Waals surface area (Å²) in [6.07, 6.45) is 1.78. The Morgan fingerprint density at radius 1 is 1.23 bits per heavy atom. The topological polar surface area (TPSA) is 38.8 Å². The van der Waals surface area contributed by atoms with Crippen LogP contribution in [0.1, 0.15) is 25.3 Å². The molecule has 2 rings (SSSR count). The fourth-order valence-corrected chi connectivity index (χ4v) is 2.58. The Morgan fingerprint density at radius 2 is 1.86 bits per heavy atom. The van der Waals surface area contributed by atoms with E-state index in [1.807, 2.05) is 19.1 Å². The van der Waals surface area contributed by atoms with Gasteiger partial charge in [-0.2, -0.15) is 0 Å². The number of nitrogens with zero attached hydrogens (tertiary/aromatic N) is 1. The van der Waals surface area contributed by atoms with E-state index in [-0.39, 0.29) is 24.3 Å². The van der Waals surface area contributed by atoms with E-state index in [2.05, 4.69) is 24.0 Å². The number of carbonyl (C=O) groups is 1. The zero-order valence-electron chi connectivity index (χ0n) is 13.4. The van der Waals surface area contributed by atoms with Gasteiger partial charge >= 0.3 is 5.97 Å². The Bertz CT molecular complexity index is 442. The fourth-order valence-electron chi connectivity index (χ4n) is 2.58. The molecule has 0 unspecified atom stereocenters. The molecule has 0 radical (unpaired) electrons. The first-order valence-electron chi connectivity index (χ1n) is 7.77. The van der Waals surface area contributed by atoms with Gasteiger partial charge in [-0.25, -0.2) is 0 Å². The molecule has 124 valence electrons. The number of hydrogen-bond donors (Lipinski definition) is 0. The van der Waals surface area contributed by atoms with Crippen LogP contribution in [0.2, 0.25) is 0 Å². The van der Waals surface area contributed by atoms with Crippen LogP contribution in [-0.4, -0.2) is 43.7 Å². The van der Waals surface area contributed by atoms with Crippen molar-refractivity contribution >= 4 is 18.4 Å². The maximum atomic E-state index is 11.7. The smallest absolute Gasteiger partial charge is 0.309 e. The highest BCUT2D eigenvalue weighted by Crippen LogP contribution is 2.18. The van der Waals surface area contributed by atoms with Crippen LogP contribution in [-0.2, 0) is 9.53 Å². The summed E-state index contributed by atoms with van der Waals surface area (Å²) in [5.74, 6) is 0.967. The van der Waals surface area contributed by atoms with Gasteiger partial charge in [0.05, 0.1) is 12.5 Å². The zero-order chi connectivity index (χ0) is 15.1. The summed E-state index contributed by atoms with van der Waals surface area (Å²) >= 11 is 0. The van der Waals surface area contributed by atoms with E-state index in [0.717, 1.165) is 38.2 Å². The second kappa shape index (κ2) is 9.70. The van der Waals surface area contributed by atoms with Crippen LogP contribution >= 0.6 is 12.4 Å². The summed E-state index contributed by atoms with van der Waals surface area (Å²) in [6, 6.07) is 8.12. The number of carbonyl (C=O) groups excluding carboxylic acids is 1. The van der Waals surface area contributed by atoms with Gasteiger partial charge in [0.2, 0.25) is 0 Å². The molecule has 1 aliphatic rings. The van der Waals surface area contributed by atoms with Crippen LogP contribution in [0.25, 0.3) is 0 Å². The van der Waals surface area contributed by atoms with E-state index in [9.17, 15) is 4.79 Å². The Balaban J connectivity index is 0.00000242. The second-order valence-corrected chi connectivity index (χ2v) is 5.53. The SMILES string of the molecule is CCOC(=O)C1CCN(CCOc2ccc(C)cc2)CC1.Cl. The number of rotatable bonds is 6. The molecule has 0 amide bonds. The highest BCUT2D eigenvalue weighted by molar-refractivity contribution is 5.85. The van der Waals surface area contributed by atoms with E-state index >= 15 is 0 Å². The van der Waals surface area contributed by atoms with Gasteiger partial charge in [-0.05, 0) is 51.9 Å². The van der Waals surface area contributed by atoms with Gasteiger partial charge in [-0.15, -0.1) is 12.4 Å². The molecule has 1 fully saturated rings. The molecule has 1 aromatic carbocycles. The molecule has 1 heterocycles. The summed E-state index contributed by atoms with van der Waals surface area (Å²) in [5, 5.41) is 0. The number of benzene rings is 1. The lowest BCUT2D eigenvalue weighted by atomic mass is 9.97. The van der Waals surface area contributed by atoms with Crippen LogP contribution in [0.3, 0.4) is 0 Å². The molecule has 0 aromatic heterocycles. The van der Waals surface area contributed by atoms with Crippen molar-refractivity contribution in [1.29, 1.82) is 0 Å². The first-order chi connectivity index (χ1) is 10.2. The van der Waals surface area contributed by atoms with Crippen molar-refractivity contribution in [3.63, 3.8) is 0 Å². The fraction of sp³-hybridized carbons (Fsp3) is 0.588. The molecule has 0 atom stereocenters. The Hall–Kier alpha value is -1.26. The first kappa shape index (κ1) is 18.8. The van der Waals surface area contributed by atoms with Gasteiger partial charge in [0.15, 0.2) is 0 Å². The van der Waals surface area contributed by atoms with Gasteiger partial charge in [0, 0.05) is 6.54 Å². The predicted octanol–water partition coefficient (Wildman–Crippen LogP) is 3.07. The minimum Gasteiger partial charge on any atom is -0.492 e. The third-order valence-electron chi connectivity index (χ3n) is 3.90. The van der Waals surface area contributed by atoms with Crippen molar-refractivity contribution in [3.05, 3.63) is 29.8 Å². The number of piperidine rings is 1. The Labute approximate surface area is 139 Å². The normalized spacial score (nSPS) is 15.9. The number of hydrogen-bond acceptors (Lipinski definition) is 4. The first-order valence-corrected chi connectivity index (χ1v) is 7.77. The summed E-state index contributed by atoms with van der Waals surface area (Å²) in [7, 11) is 0. The summed E-state index contributed by atoms with van der Waals surface area (Å²) < 4.78 is 10.8. The lowest BCUT2D eigenvalue weighted by molar-refractivity contribution is -0.149. The van der Waals surface area contributed by atoms with Crippen molar-refractivity contribution in [1.82, 2.24) is 4.90 Å². The van der Waals surface area contributed by atoms with Crippen LogP contribution in [0.15, 0.2) is 24.3 Å². The van der Waals surface area contributed by atoms with Crippen LogP contribution in [0, 0.1) is 12.8 Å². The number of halogens is 1. The van der Waals surface area contributed by atoms with Crippen LogP contribution in [0.4, 0.5) is 0 Å². The minimum absolute atomic E-state index is 0. The standard InChI is InChI=1S/C17H25NO3.ClH/c1-3-20-17(19)15-8-10-18(11-9-15)12-13-21-16-6-4-14(2)5-7-16;/h4-7,15H,3,8-13H2,1-2H3;1H. The third kappa shape index (κ3) is 5.85. The summed E-state index contributed by atoms with van der Waals surface area (Å²) in [6.45, 7) is 7.88. The maximum Gasteiger partial charge on any atom is 0.309 e. The highest BCUT2D eigenvalue weighted by atomic mass is 35.5. The lowest BCUT2D eigenvalue weighted by Crippen LogP contribution is -2.39. The number of aryl methyl sites for hydroxylation is 1. The van der Waals surface area contributed by atoms with Crippen molar-refractivity contribution in [2.24, 2.45) is 5.92 Å². The number of likely N-dealkylation sites (tertiary alicyclic amines) is 1. The van der Waals surface area contributed by atoms with Gasteiger partial charge in [-0.1, -0.05) is 17.7 Å². The van der Waals surface area contributed by atoms with Crippen molar-refractivity contribution in [2.75, 3.05) is 32.8 Å². The molecule has 0 N–H and O–H groups in total. The van der Waals surface area contributed by atoms with Crippen molar-refractivity contribution in [2.45, 2.75) is 26.7 Å². The van der Waals surface area contributed by atoms with E-state index in [4.69, 9.17) is 9.47 Å². The molecule has 0 aliphatic carbocycles. The predicted molar refractivity (Wildman–Crippen MR) is 89.7 cm³/mol. The van der Waals surface area contributed by atoms with E-state index in [1.54, 1.807) is 0 Å². The second-order valence-electron chi connectivity index (χ2n) is 5.53. The van der Waals surface area contributed by atoms with Crippen LogP contribution in [0.5, 0.6) is 5.75 Å². The largest absolute Gasteiger partial charge is 0.492 e. The van der Waals surface area contributed by atoms with Gasteiger partial charge in [0.25, 0.3) is 0 Å². The van der Waals surface area contributed by atoms with E-state index in [1.165, 1.54) is 5.56 Å².